The molecule has 0 spiro atoms. The maximum Gasteiger partial charge on any atom is 0.261 e. The van der Waals surface area contributed by atoms with Crippen LogP contribution in [0.2, 0.25) is 0 Å². The molecule has 6 nitrogen and oxygen atoms in total. The van der Waals surface area contributed by atoms with E-state index in [1.54, 1.807) is 30.1 Å². The fraction of sp³-hybridized carbons (Fsp3) is 0.316. The molecule has 1 amide bonds. The molecular formula is C19H19N2O4-. The van der Waals surface area contributed by atoms with Gasteiger partial charge in [-0.3, -0.25) is 20.3 Å². The summed E-state index contributed by atoms with van der Waals surface area (Å²) in [6, 6.07) is 6.74. The van der Waals surface area contributed by atoms with Crippen LogP contribution in [-0.2, 0) is 14.4 Å². The second kappa shape index (κ2) is 7.28. The molecule has 2 rings (SSSR count). The number of nitrogens with one attached hydrogen (secondary N) is 1. The van der Waals surface area contributed by atoms with Gasteiger partial charge in [-0.15, -0.1) is 0 Å². The van der Waals surface area contributed by atoms with Gasteiger partial charge in [0.1, 0.15) is 5.75 Å². The number of allylic oxidation sites excluding steroid dienone is 1. The van der Waals surface area contributed by atoms with Crippen molar-refractivity contribution in [3.63, 3.8) is 0 Å². The van der Waals surface area contributed by atoms with E-state index in [1.165, 1.54) is 7.11 Å². The monoisotopic (exact) mass is 339 g/mol. The van der Waals surface area contributed by atoms with Crippen LogP contribution in [0.4, 0.5) is 5.69 Å². The highest BCUT2D eigenvalue weighted by Crippen LogP contribution is 2.34. The van der Waals surface area contributed by atoms with E-state index in [2.05, 4.69) is 5.32 Å². The van der Waals surface area contributed by atoms with Crippen molar-refractivity contribution in [3.05, 3.63) is 46.9 Å². The number of methoxy groups -OCH3 is 1. The van der Waals surface area contributed by atoms with Crippen molar-refractivity contribution in [2.45, 2.75) is 26.7 Å². The summed E-state index contributed by atoms with van der Waals surface area (Å²) in [5.41, 5.74) is -0.408. The van der Waals surface area contributed by atoms with Gasteiger partial charge in [0, 0.05) is 12.8 Å². The summed E-state index contributed by atoms with van der Waals surface area (Å²) < 4.78 is 5.14. The molecule has 1 aromatic rings. The van der Waals surface area contributed by atoms with Gasteiger partial charge in [0.25, 0.3) is 5.91 Å². The average Bonchev–Trinajstić information content (AvgIpc) is 2.53. The Morgan fingerprint density at radius 3 is 2.40 bits per heavy atom. The van der Waals surface area contributed by atoms with Crippen LogP contribution in [0, 0.1) is 5.41 Å². The predicted molar refractivity (Wildman–Crippen MR) is 94.6 cm³/mol. The summed E-state index contributed by atoms with van der Waals surface area (Å²) in [6.45, 7) is 3.67. The molecule has 0 radical (unpaired) electrons. The molecule has 1 N–H and O–H groups in total. The molecule has 1 aliphatic carbocycles. The number of para-hydroxylation sites is 2. The molecular weight excluding hydrogens is 320 g/mol. The molecule has 130 valence electrons. The third-order valence-corrected chi connectivity index (χ3v) is 3.89. The molecule has 6 heteroatoms. The highest BCUT2D eigenvalue weighted by molar-refractivity contribution is 6.24. The average molecular weight is 339 g/mol. The number of benzene rings is 1. The zero-order chi connectivity index (χ0) is 18.6. The Morgan fingerprint density at radius 1 is 1.24 bits per heavy atom. The number of anilines is 1. The number of amides is 1. The normalized spacial score (nSPS) is 16.0. The van der Waals surface area contributed by atoms with Gasteiger partial charge >= 0.3 is 0 Å². The quantitative estimate of drug-likeness (QED) is 0.518. The van der Waals surface area contributed by atoms with Crippen LogP contribution in [0.15, 0.2) is 41.5 Å². The molecule has 0 heterocycles. The number of nitrogens with zero attached hydrogens (tertiary/aromatic N) is 1. The van der Waals surface area contributed by atoms with Gasteiger partial charge in [-0.2, -0.15) is 0 Å². The topological polar surface area (TPSA) is 94.8 Å². The first-order valence-corrected chi connectivity index (χ1v) is 7.77. The number of carbonyl (C=O) groups excluding carboxylic acids is 3. The van der Waals surface area contributed by atoms with E-state index >= 15 is 0 Å². The molecule has 25 heavy (non-hydrogen) atoms. The van der Waals surface area contributed by atoms with Gasteiger partial charge in [0.05, 0.1) is 23.9 Å². The molecule has 1 aliphatic rings. The summed E-state index contributed by atoms with van der Waals surface area (Å²) in [7, 11) is 1.46. The molecule has 1 aromatic carbocycles. The summed E-state index contributed by atoms with van der Waals surface area (Å²) in [4.78, 5) is 36.7. The van der Waals surface area contributed by atoms with Gasteiger partial charge in [-0.25, -0.2) is 0 Å². The Labute approximate surface area is 146 Å². The fourth-order valence-electron chi connectivity index (χ4n) is 2.67. The van der Waals surface area contributed by atoms with Crippen LogP contribution in [0.25, 0.3) is 5.41 Å². The van der Waals surface area contributed by atoms with Gasteiger partial charge in [0.2, 0.25) is 0 Å². The number of rotatable bonds is 4. The maximum absolute atomic E-state index is 12.3. The van der Waals surface area contributed by atoms with E-state index in [0.717, 1.165) is 6.08 Å². The first kappa shape index (κ1) is 18.4. The molecule has 0 aliphatic heterocycles. The smallest absolute Gasteiger partial charge is 0.261 e. The molecule has 0 aromatic heterocycles. The van der Waals surface area contributed by atoms with E-state index in [1.807, 2.05) is 13.8 Å². The Bertz CT molecular complexity index is 792. The molecule has 0 unspecified atom stereocenters. The van der Waals surface area contributed by atoms with Gasteiger partial charge in [-0.05, 0) is 23.6 Å². The van der Waals surface area contributed by atoms with E-state index in [0.29, 0.717) is 11.4 Å². The number of hydrogen-bond donors (Lipinski definition) is 1. The zero-order valence-electron chi connectivity index (χ0n) is 14.4. The lowest BCUT2D eigenvalue weighted by Crippen LogP contribution is -2.31. The number of carbonyl (C=O) groups is 3. The molecule has 1 fully saturated rings. The van der Waals surface area contributed by atoms with Crippen molar-refractivity contribution in [1.82, 2.24) is 0 Å². The Morgan fingerprint density at radius 2 is 1.84 bits per heavy atom. The van der Waals surface area contributed by atoms with Crippen molar-refractivity contribution >= 4 is 29.0 Å². The summed E-state index contributed by atoms with van der Waals surface area (Å²) >= 11 is 0. The fourth-order valence-corrected chi connectivity index (χ4v) is 2.67. The first-order valence-electron chi connectivity index (χ1n) is 7.77. The van der Waals surface area contributed by atoms with Crippen molar-refractivity contribution in [1.29, 1.82) is 0 Å². The minimum atomic E-state index is -0.704. The first-order chi connectivity index (χ1) is 11.8. The minimum absolute atomic E-state index is 0.0916. The van der Waals surface area contributed by atoms with Crippen molar-refractivity contribution in [2.24, 2.45) is 5.41 Å². The van der Waals surface area contributed by atoms with Crippen molar-refractivity contribution < 1.29 is 19.1 Å². The lowest BCUT2D eigenvalue weighted by molar-refractivity contribution is -0.127. The van der Waals surface area contributed by atoms with E-state index < -0.39 is 11.3 Å². The lowest BCUT2D eigenvalue weighted by Gasteiger charge is -2.28. The van der Waals surface area contributed by atoms with Crippen molar-refractivity contribution in [3.8, 4) is 5.75 Å². The molecule has 1 saturated carbocycles. The van der Waals surface area contributed by atoms with Crippen LogP contribution in [0.5, 0.6) is 5.75 Å². The van der Waals surface area contributed by atoms with Crippen LogP contribution < -0.4 is 10.1 Å². The van der Waals surface area contributed by atoms with Crippen LogP contribution in [-0.4, -0.2) is 30.5 Å². The van der Waals surface area contributed by atoms with Gasteiger partial charge < -0.3 is 15.5 Å². The predicted octanol–water partition coefficient (Wildman–Crippen LogP) is 2.68. The molecule has 0 saturated heterocycles. The Balaban J connectivity index is 2.25. The third-order valence-electron chi connectivity index (χ3n) is 3.89. The summed E-state index contributed by atoms with van der Waals surface area (Å²) in [5, 5.41) is 11.8. The van der Waals surface area contributed by atoms with Crippen molar-refractivity contribution in [2.75, 3.05) is 12.4 Å². The van der Waals surface area contributed by atoms with Crippen LogP contribution in [0.1, 0.15) is 26.7 Å². The Hall–Kier alpha value is -2.98. The number of ether oxygens (including phenoxy) is 1. The standard InChI is InChI=1S/C19H19N2O4/c1-19(2)9-15(22)13(16(23)10-19)8-12(11-20)18(24)21-14-6-4-5-7-17(14)25-3/h4-8H,9-10H2,1-3H3,(H,21,24)/q-1. The van der Waals surface area contributed by atoms with E-state index in [4.69, 9.17) is 4.74 Å². The van der Waals surface area contributed by atoms with Crippen LogP contribution >= 0.6 is 0 Å². The largest absolute Gasteiger partial charge is 0.763 e. The number of ketones is 2. The van der Waals surface area contributed by atoms with Gasteiger partial charge in [0.15, 0.2) is 11.6 Å². The molecule has 0 bridgehead atoms. The lowest BCUT2D eigenvalue weighted by atomic mass is 9.74. The highest BCUT2D eigenvalue weighted by Gasteiger charge is 2.35. The third kappa shape index (κ3) is 4.31. The second-order valence-corrected chi connectivity index (χ2v) is 6.60. The molecule has 0 atom stereocenters. The van der Waals surface area contributed by atoms with E-state index in [-0.39, 0.29) is 35.6 Å². The number of Topliss-reactive ketones (excluding diaryl/α,β-unsaturated/α-hetero) is 2. The Kier molecular flexibility index (Phi) is 5.35. The summed E-state index contributed by atoms with van der Waals surface area (Å²) in [5.74, 6) is 0.789. The highest BCUT2D eigenvalue weighted by atomic mass is 16.5. The number of hydrogen-bond acceptors (Lipinski definition) is 4. The minimum Gasteiger partial charge on any atom is -0.763 e. The SMILES string of the molecule is COc1ccccc1NC(=O)C(=C=[N-])C=C1C(=O)CC(C)(C)CC1=O. The summed E-state index contributed by atoms with van der Waals surface area (Å²) in [6.07, 6.45) is 1.50. The second-order valence-electron chi connectivity index (χ2n) is 6.60. The van der Waals surface area contributed by atoms with Gasteiger partial charge in [-0.1, -0.05) is 26.0 Å². The van der Waals surface area contributed by atoms with E-state index in [9.17, 15) is 19.8 Å². The zero-order valence-corrected chi connectivity index (χ0v) is 14.4. The maximum atomic E-state index is 12.3. The van der Waals surface area contributed by atoms with Crippen LogP contribution in [0.3, 0.4) is 0 Å².